The van der Waals surface area contributed by atoms with Crippen molar-refractivity contribution in [2.24, 2.45) is 0 Å². The first-order chi connectivity index (χ1) is 9.56. The fourth-order valence-electron chi connectivity index (χ4n) is 1.33. The van der Waals surface area contributed by atoms with Crippen molar-refractivity contribution >= 4 is 52.4 Å². The molecule has 2 aromatic rings. The van der Waals surface area contributed by atoms with Crippen molar-refractivity contribution in [2.75, 3.05) is 5.32 Å². The van der Waals surface area contributed by atoms with Gasteiger partial charge < -0.3 is 5.32 Å². The van der Waals surface area contributed by atoms with E-state index < -0.39 is 5.91 Å². The largest absolute Gasteiger partial charge is 0.301 e. The molecule has 5 nitrogen and oxygen atoms in total. The van der Waals surface area contributed by atoms with Crippen molar-refractivity contribution in [3.63, 3.8) is 0 Å². The number of aromatic nitrogens is 2. The number of anilines is 1. The predicted octanol–water partition coefficient (Wildman–Crippen LogP) is 2.91. The third kappa shape index (κ3) is 3.86. The summed E-state index contributed by atoms with van der Waals surface area (Å²) in [5, 5.41) is 5.96. The number of hydrogen-bond donors (Lipinski definition) is 2. The number of benzene rings is 1. The van der Waals surface area contributed by atoms with E-state index in [2.05, 4.69) is 20.6 Å². The maximum Gasteiger partial charge on any atom is 0.258 e. The quantitative estimate of drug-likeness (QED) is 0.830. The Morgan fingerprint density at radius 3 is 2.45 bits per heavy atom. The minimum absolute atomic E-state index is 0.0669. The average Bonchev–Trinajstić information content (AvgIpc) is 2.41. The lowest BCUT2D eigenvalue weighted by Crippen LogP contribution is -2.34. The summed E-state index contributed by atoms with van der Waals surface area (Å²) in [6.07, 6.45) is 2.82. The molecule has 0 bridgehead atoms. The van der Waals surface area contributed by atoms with E-state index in [1.54, 1.807) is 24.3 Å². The molecule has 0 unspecified atom stereocenters. The molecule has 0 fully saturated rings. The lowest BCUT2D eigenvalue weighted by molar-refractivity contribution is 0.0978. The standard InChI is InChI=1S/C12H8Cl2N4OS/c13-7-5-15-11(16-6-7)18-12(20)17-10(19)8-3-1-2-4-9(8)14/h1-6H,(H2,15,16,17,18,19,20). The fraction of sp³-hybridized carbons (Fsp3) is 0. The van der Waals surface area contributed by atoms with Crippen LogP contribution in [0.5, 0.6) is 0 Å². The Labute approximate surface area is 130 Å². The zero-order valence-corrected chi connectivity index (χ0v) is 12.3. The molecular weight excluding hydrogens is 319 g/mol. The number of hydrogen-bond acceptors (Lipinski definition) is 4. The van der Waals surface area contributed by atoms with Gasteiger partial charge in [0.2, 0.25) is 5.95 Å². The summed E-state index contributed by atoms with van der Waals surface area (Å²) in [4.78, 5) is 19.7. The highest BCUT2D eigenvalue weighted by atomic mass is 35.5. The molecule has 0 aliphatic carbocycles. The lowest BCUT2D eigenvalue weighted by atomic mass is 10.2. The number of amides is 1. The van der Waals surface area contributed by atoms with Gasteiger partial charge in [0.1, 0.15) is 0 Å². The highest BCUT2D eigenvalue weighted by molar-refractivity contribution is 7.80. The Hall–Kier alpha value is -1.76. The Kier molecular flexibility index (Phi) is 4.84. The molecule has 1 amide bonds. The van der Waals surface area contributed by atoms with Crippen LogP contribution in [-0.4, -0.2) is 21.0 Å². The summed E-state index contributed by atoms with van der Waals surface area (Å²) in [7, 11) is 0. The molecule has 1 aromatic heterocycles. The molecule has 0 spiro atoms. The van der Waals surface area contributed by atoms with Crippen LogP contribution >= 0.6 is 35.4 Å². The number of nitrogens with zero attached hydrogens (tertiary/aromatic N) is 2. The third-order valence-corrected chi connectivity index (χ3v) is 2.92. The van der Waals surface area contributed by atoms with Crippen molar-refractivity contribution in [2.45, 2.75) is 0 Å². The van der Waals surface area contributed by atoms with Crippen LogP contribution in [0.1, 0.15) is 10.4 Å². The van der Waals surface area contributed by atoms with Crippen molar-refractivity contribution < 1.29 is 4.79 Å². The molecule has 1 aromatic carbocycles. The van der Waals surface area contributed by atoms with E-state index in [-0.39, 0.29) is 11.1 Å². The summed E-state index contributed by atoms with van der Waals surface area (Å²) in [5.41, 5.74) is 0.329. The van der Waals surface area contributed by atoms with Crippen LogP contribution in [0.4, 0.5) is 5.95 Å². The van der Waals surface area contributed by atoms with Crippen molar-refractivity contribution in [1.82, 2.24) is 15.3 Å². The van der Waals surface area contributed by atoms with Crippen LogP contribution in [0.3, 0.4) is 0 Å². The second kappa shape index (κ2) is 6.60. The van der Waals surface area contributed by atoms with Gasteiger partial charge in [-0.25, -0.2) is 9.97 Å². The highest BCUT2D eigenvalue weighted by Gasteiger charge is 2.11. The molecule has 102 valence electrons. The number of carbonyl (C=O) groups is 1. The summed E-state index contributed by atoms with van der Waals surface area (Å²) >= 11 is 16.6. The first-order valence-corrected chi connectivity index (χ1v) is 6.57. The minimum Gasteiger partial charge on any atom is -0.301 e. The molecule has 0 radical (unpaired) electrons. The van der Waals surface area contributed by atoms with Gasteiger partial charge in [-0.05, 0) is 24.4 Å². The van der Waals surface area contributed by atoms with Gasteiger partial charge in [0.25, 0.3) is 5.91 Å². The first kappa shape index (κ1) is 14.6. The molecule has 8 heteroatoms. The molecule has 0 saturated carbocycles. The summed E-state index contributed by atoms with van der Waals surface area (Å²) in [5.74, 6) is -0.180. The smallest absolute Gasteiger partial charge is 0.258 e. The molecule has 0 atom stereocenters. The first-order valence-electron chi connectivity index (χ1n) is 5.40. The topological polar surface area (TPSA) is 66.9 Å². The van der Waals surface area contributed by atoms with E-state index >= 15 is 0 Å². The molecule has 2 rings (SSSR count). The van der Waals surface area contributed by atoms with Crippen molar-refractivity contribution in [1.29, 1.82) is 0 Å². The number of halogens is 2. The Balaban J connectivity index is 2.00. The highest BCUT2D eigenvalue weighted by Crippen LogP contribution is 2.14. The van der Waals surface area contributed by atoms with Gasteiger partial charge in [0.15, 0.2) is 5.11 Å². The van der Waals surface area contributed by atoms with Crippen LogP contribution in [0, 0.1) is 0 Å². The summed E-state index contributed by atoms with van der Waals surface area (Å²) in [6.45, 7) is 0. The number of thiocarbonyl (C=S) groups is 1. The Morgan fingerprint density at radius 1 is 1.15 bits per heavy atom. The Bertz CT molecular complexity index is 648. The van der Waals surface area contributed by atoms with Crippen LogP contribution in [0.2, 0.25) is 10.0 Å². The van der Waals surface area contributed by atoms with E-state index in [1.807, 2.05) is 0 Å². The second-order valence-electron chi connectivity index (χ2n) is 3.61. The molecule has 1 heterocycles. The van der Waals surface area contributed by atoms with E-state index in [0.717, 1.165) is 0 Å². The van der Waals surface area contributed by atoms with Crippen molar-refractivity contribution in [3.05, 3.63) is 52.3 Å². The maximum absolute atomic E-state index is 11.9. The zero-order chi connectivity index (χ0) is 14.5. The van der Waals surface area contributed by atoms with Gasteiger partial charge in [-0.1, -0.05) is 35.3 Å². The van der Waals surface area contributed by atoms with Gasteiger partial charge in [-0.2, -0.15) is 0 Å². The third-order valence-electron chi connectivity index (χ3n) is 2.19. The molecule has 2 N–H and O–H groups in total. The molecule has 0 aliphatic heterocycles. The van der Waals surface area contributed by atoms with Gasteiger partial charge >= 0.3 is 0 Å². The van der Waals surface area contributed by atoms with E-state index in [9.17, 15) is 4.79 Å². The van der Waals surface area contributed by atoms with Crippen LogP contribution in [-0.2, 0) is 0 Å². The average molecular weight is 327 g/mol. The summed E-state index contributed by atoms with van der Waals surface area (Å²) in [6, 6.07) is 6.66. The maximum atomic E-state index is 11.9. The predicted molar refractivity (Wildman–Crippen MR) is 82.2 cm³/mol. The number of carbonyl (C=O) groups excluding carboxylic acids is 1. The fourth-order valence-corrected chi connectivity index (χ4v) is 1.83. The molecule has 0 saturated heterocycles. The van der Waals surface area contributed by atoms with Crippen LogP contribution < -0.4 is 10.6 Å². The van der Waals surface area contributed by atoms with Crippen LogP contribution in [0.15, 0.2) is 36.7 Å². The number of nitrogens with one attached hydrogen (secondary N) is 2. The second-order valence-corrected chi connectivity index (χ2v) is 4.86. The number of rotatable bonds is 2. The minimum atomic E-state index is -0.415. The van der Waals surface area contributed by atoms with E-state index in [1.165, 1.54) is 12.4 Å². The normalized spacial score (nSPS) is 9.90. The lowest BCUT2D eigenvalue weighted by Gasteiger charge is -2.08. The molecule has 20 heavy (non-hydrogen) atoms. The Morgan fingerprint density at radius 2 is 1.80 bits per heavy atom. The van der Waals surface area contributed by atoms with Crippen molar-refractivity contribution in [3.8, 4) is 0 Å². The monoisotopic (exact) mass is 326 g/mol. The zero-order valence-electron chi connectivity index (χ0n) is 9.93. The van der Waals surface area contributed by atoms with Gasteiger partial charge in [0, 0.05) is 0 Å². The van der Waals surface area contributed by atoms with Crippen LogP contribution in [0.25, 0.3) is 0 Å². The van der Waals surface area contributed by atoms with E-state index in [4.69, 9.17) is 35.4 Å². The SMILES string of the molecule is O=C(NC(=S)Nc1ncc(Cl)cn1)c1ccccc1Cl. The summed E-state index contributed by atoms with van der Waals surface area (Å²) < 4.78 is 0. The van der Waals surface area contributed by atoms with E-state index in [0.29, 0.717) is 15.6 Å². The molecule has 0 aliphatic rings. The molecular formula is C12H8Cl2N4OS. The van der Waals surface area contributed by atoms with Gasteiger partial charge in [-0.3, -0.25) is 10.1 Å². The van der Waals surface area contributed by atoms with Gasteiger partial charge in [-0.15, -0.1) is 0 Å². The van der Waals surface area contributed by atoms with Gasteiger partial charge in [0.05, 0.1) is 28.0 Å².